The van der Waals surface area contributed by atoms with Gasteiger partial charge in [0, 0.05) is 13.1 Å². The molecule has 1 heterocycles. The molecule has 0 aliphatic heterocycles. The predicted molar refractivity (Wildman–Crippen MR) is 44.0 cm³/mol. The molecule has 0 spiro atoms. The summed E-state index contributed by atoms with van der Waals surface area (Å²) < 4.78 is 0. The van der Waals surface area contributed by atoms with Crippen LogP contribution >= 0.6 is 11.6 Å². The van der Waals surface area contributed by atoms with Gasteiger partial charge in [0.1, 0.15) is 11.8 Å². The van der Waals surface area contributed by atoms with Crippen molar-refractivity contribution in [3.05, 3.63) is 28.5 Å². The van der Waals surface area contributed by atoms with E-state index >= 15 is 0 Å². The number of Topliss-reactive ketones (excluding diaryl/α,β-unsaturated/α-hetero) is 1. The number of aromatic nitrogens is 1. The van der Waals surface area contributed by atoms with Gasteiger partial charge in [0.2, 0.25) is 0 Å². The number of hydrogen-bond donors (Lipinski definition) is 0. The maximum Gasteiger partial charge on any atom is 0.179 e. The Bertz CT molecular complexity index is 368. The summed E-state index contributed by atoms with van der Waals surface area (Å²) in [6.07, 6.45) is 1.32. The first-order chi connectivity index (χ1) is 5.65. The summed E-state index contributed by atoms with van der Waals surface area (Å²) in [4.78, 5) is 14.6. The van der Waals surface area contributed by atoms with Gasteiger partial charge in [0.15, 0.2) is 5.78 Å². The van der Waals surface area contributed by atoms with E-state index in [1.54, 1.807) is 0 Å². The third-order valence-corrected chi connectivity index (χ3v) is 1.59. The molecule has 0 aliphatic carbocycles. The number of rotatable bonds is 1. The van der Waals surface area contributed by atoms with Crippen LogP contribution in [0.15, 0.2) is 12.3 Å². The van der Waals surface area contributed by atoms with Crippen molar-refractivity contribution < 1.29 is 4.79 Å². The normalized spacial score (nSPS) is 9.08. The molecule has 0 fully saturated rings. The van der Waals surface area contributed by atoms with Gasteiger partial charge >= 0.3 is 0 Å². The number of nitriles is 1. The van der Waals surface area contributed by atoms with Crippen LogP contribution in [0, 0.1) is 11.3 Å². The van der Waals surface area contributed by atoms with E-state index in [4.69, 9.17) is 16.9 Å². The van der Waals surface area contributed by atoms with Gasteiger partial charge in [-0.1, -0.05) is 11.6 Å². The third-order valence-electron chi connectivity index (χ3n) is 1.30. The zero-order valence-electron chi connectivity index (χ0n) is 6.34. The number of pyridine rings is 1. The molecule has 0 unspecified atom stereocenters. The summed E-state index contributed by atoms with van der Waals surface area (Å²) >= 11 is 5.67. The van der Waals surface area contributed by atoms with E-state index in [1.165, 1.54) is 19.2 Å². The van der Waals surface area contributed by atoms with Crippen molar-refractivity contribution in [1.82, 2.24) is 4.98 Å². The molecule has 1 aromatic heterocycles. The lowest BCUT2D eigenvalue weighted by Gasteiger charge is -1.97. The highest BCUT2D eigenvalue weighted by molar-refractivity contribution is 6.33. The largest absolute Gasteiger partial charge is 0.293 e. The average Bonchev–Trinajstić information content (AvgIpc) is 2.03. The Morgan fingerprint density at radius 2 is 2.42 bits per heavy atom. The molecule has 0 amide bonds. The zero-order chi connectivity index (χ0) is 9.14. The minimum Gasteiger partial charge on any atom is -0.293 e. The fraction of sp³-hybridized carbons (Fsp3) is 0.125. The molecule has 0 saturated heterocycles. The van der Waals surface area contributed by atoms with Crippen LogP contribution in [0.4, 0.5) is 0 Å². The minimum absolute atomic E-state index is 0.204. The molecule has 12 heavy (non-hydrogen) atoms. The van der Waals surface area contributed by atoms with Crippen molar-refractivity contribution in [3.8, 4) is 6.07 Å². The van der Waals surface area contributed by atoms with Crippen LogP contribution in [0.5, 0.6) is 0 Å². The first kappa shape index (κ1) is 8.69. The van der Waals surface area contributed by atoms with E-state index in [1.807, 2.05) is 6.07 Å². The molecule has 0 aliphatic rings. The van der Waals surface area contributed by atoms with Crippen molar-refractivity contribution in [2.24, 2.45) is 0 Å². The zero-order valence-corrected chi connectivity index (χ0v) is 7.09. The maximum atomic E-state index is 10.8. The van der Waals surface area contributed by atoms with Crippen molar-refractivity contribution in [1.29, 1.82) is 5.26 Å². The van der Waals surface area contributed by atoms with Crippen molar-refractivity contribution >= 4 is 17.4 Å². The molecule has 0 radical (unpaired) electrons. The molecule has 0 atom stereocenters. The van der Waals surface area contributed by atoms with Crippen LogP contribution < -0.4 is 0 Å². The maximum absolute atomic E-state index is 10.8. The minimum atomic E-state index is -0.204. The molecular formula is C8H5ClN2O. The molecule has 1 aromatic rings. The summed E-state index contributed by atoms with van der Waals surface area (Å²) in [7, 11) is 0. The molecule has 3 nitrogen and oxygen atoms in total. The van der Waals surface area contributed by atoms with Crippen LogP contribution in [-0.2, 0) is 0 Å². The Hall–Kier alpha value is -1.40. The monoisotopic (exact) mass is 180 g/mol. The van der Waals surface area contributed by atoms with Gasteiger partial charge < -0.3 is 0 Å². The number of hydrogen-bond acceptors (Lipinski definition) is 3. The van der Waals surface area contributed by atoms with E-state index < -0.39 is 0 Å². The molecule has 60 valence electrons. The van der Waals surface area contributed by atoms with Crippen molar-refractivity contribution in [2.75, 3.05) is 0 Å². The first-order valence-corrected chi connectivity index (χ1v) is 3.59. The third kappa shape index (κ3) is 1.60. The number of carbonyl (C=O) groups excluding carboxylic acids is 1. The summed E-state index contributed by atoms with van der Waals surface area (Å²) in [6, 6.07) is 3.30. The topological polar surface area (TPSA) is 53.8 Å². The highest BCUT2D eigenvalue weighted by atomic mass is 35.5. The fourth-order valence-corrected chi connectivity index (χ4v) is 1.06. The lowest BCUT2D eigenvalue weighted by atomic mass is 10.2. The summed E-state index contributed by atoms with van der Waals surface area (Å²) in [6.45, 7) is 1.38. The van der Waals surface area contributed by atoms with E-state index in [0.717, 1.165) is 0 Å². The lowest BCUT2D eigenvalue weighted by Crippen LogP contribution is -1.97. The van der Waals surface area contributed by atoms with Crippen LogP contribution in [0.1, 0.15) is 23.0 Å². The summed E-state index contributed by atoms with van der Waals surface area (Å²) in [5.74, 6) is -0.204. The van der Waals surface area contributed by atoms with Crippen LogP contribution in [0.3, 0.4) is 0 Å². The predicted octanol–water partition coefficient (Wildman–Crippen LogP) is 1.81. The molecule has 4 heteroatoms. The molecule has 0 aromatic carbocycles. The highest BCUT2D eigenvalue weighted by Gasteiger charge is 2.07. The fourth-order valence-electron chi connectivity index (χ4n) is 0.758. The van der Waals surface area contributed by atoms with Gasteiger partial charge in [-0.2, -0.15) is 5.26 Å². The average molecular weight is 181 g/mol. The number of carbonyl (C=O) groups is 1. The van der Waals surface area contributed by atoms with E-state index in [9.17, 15) is 4.79 Å². The highest BCUT2D eigenvalue weighted by Crippen LogP contribution is 2.14. The van der Waals surface area contributed by atoms with Gasteiger partial charge in [-0.05, 0) is 6.07 Å². The van der Waals surface area contributed by atoms with Crippen LogP contribution in [0.2, 0.25) is 5.02 Å². The van der Waals surface area contributed by atoms with Gasteiger partial charge in [0.05, 0.1) is 10.6 Å². The van der Waals surface area contributed by atoms with Crippen molar-refractivity contribution in [2.45, 2.75) is 6.92 Å². The number of ketones is 1. The summed E-state index contributed by atoms with van der Waals surface area (Å²) in [5.41, 5.74) is 0.556. The Morgan fingerprint density at radius 3 is 2.83 bits per heavy atom. The molecule has 0 saturated carbocycles. The second-order valence-electron chi connectivity index (χ2n) is 2.22. The lowest BCUT2D eigenvalue weighted by molar-refractivity contribution is 0.101. The van der Waals surface area contributed by atoms with Gasteiger partial charge in [-0.15, -0.1) is 0 Å². The van der Waals surface area contributed by atoms with E-state index in [0.29, 0.717) is 5.56 Å². The Morgan fingerprint density at radius 1 is 1.75 bits per heavy atom. The van der Waals surface area contributed by atoms with Gasteiger partial charge in [-0.25, -0.2) is 0 Å². The quantitative estimate of drug-likeness (QED) is 0.620. The van der Waals surface area contributed by atoms with Gasteiger partial charge in [-0.3, -0.25) is 9.78 Å². The standard InChI is InChI=1S/C8H5ClN2O/c1-5(12)8-7(9)2-6(3-10)4-11-8/h2,4H,1H3. The molecule has 0 bridgehead atoms. The van der Waals surface area contributed by atoms with E-state index in [-0.39, 0.29) is 16.5 Å². The van der Waals surface area contributed by atoms with Crippen LogP contribution in [0.25, 0.3) is 0 Å². The second kappa shape index (κ2) is 3.33. The number of nitrogens with zero attached hydrogens (tertiary/aromatic N) is 2. The van der Waals surface area contributed by atoms with E-state index in [2.05, 4.69) is 4.98 Å². The second-order valence-corrected chi connectivity index (χ2v) is 2.63. The van der Waals surface area contributed by atoms with Crippen molar-refractivity contribution in [3.63, 3.8) is 0 Å². The number of halogens is 1. The Kier molecular flexibility index (Phi) is 2.41. The Balaban J connectivity index is 3.23. The molecular weight excluding hydrogens is 176 g/mol. The first-order valence-electron chi connectivity index (χ1n) is 3.21. The SMILES string of the molecule is CC(=O)c1ncc(C#N)cc1Cl. The van der Waals surface area contributed by atoms with Crippen LogP contribution in [-0.4, -0.2) is 10.8 Å². The molecule has 1 rings (SSSR count). The smallest absolute Gasteiger partial charge is 0.179 e. The summed E-state index contributed by atoms with van der Waals surface area (Å²) in [5, 5.41) is 8.68. The van der Waals surface area contributed by atoms with Gasteiger partial charge in [0.25, 0.3) is 0 Å². The molecule has 0 N–H and O–H groups in total. The Labute approximate surface area is 74.6 Å².